The van der Waals surface area contributed by atoms with Crippen LogP contribution in [0.1, 0.15) is 34.7 Å². The molecule has 2 heteroatoms. The van der Waals surface area contributed by atoms with Gasteiger partial charge in [0.25, 0.3) is 0 Å². The van der Waals surface area contributed by atoms with Gasteiger partial charge in [-0.1, -0.05) is 48.0 Å². The van der Waals surface area contributed by atoms with Gasteiger partial charge in [0.15, 0.2) is 0 Å². The zero-order valence-corrected chi connectivity index (χ0v) is 13.3. The predicted octanol–water partition coefficient (Wildman–Crippen LogP) is 4.13. The maximum Gasteiger partial charge on any atom is 0.0719 e. The molecule has 2 nitrogen and oxygen atoms in total. The summed E-state index contributed by atoms with van der Waals surface area (Å²) >= 11 is 0. The second kappa shape index (κ2) is 7.96. The van der Waals surface area contributed by atoms with E-state index in [2.05, 4.69) is 61.6 Å². The Labute approximate surface area is 128 Å². The highest BCUT2D eigenvalue weighted by atomic mass is 16.5. The number of ether oxygens (including phenoxy) is 1. The smallest absolute Gasteiger partial charge is 0.0719 e. The lowest BCUT2D eigenvalue weighted by molar-refractivity contribution is 0.133. The molecule has 2 aromatic carbocycles. The van der Waals surface area contributed by atoms with Crippen LogP contribution in [0.2, 0.25) is 0 Å². The molecule has 0 saturated carbocycles. The Hall–Kier alpha value is -1.64. The van der Waals surface area contributed by atoms with Crippen molar-refractivity contribution in [3.8, 4) is 0 Å². The molecular weight excluding hydrogens is 258 g/mol. The number of hydrogen-bond donors (Lipinski definition) is 1. The standard InChI is InChI=1S/C19H25NO/c1-4-21-14-19-8-6-5-7-18(19)13-20-12-17-10-9-15(2)11-16(17)3/h5-11,20H,4,12-14H2,1-3H3. The Balaban J connectivity index is 1.94. The number of hydrogen-bond acceptors (Lipinski definition) is 2. The Kier molecular flexibility index (Phi) is 5.97. The average molecular weight is 283 g/mol. The number of aryl methyl sites for hydroxylation is 2. The minimum absolute atomic E-state index is 0.692. The third-order valence-corrected chi connectivity index (χ3v) is 3.71. The van der Waals surface area contributed by atoms with Crippen LogP contribution < -0.4 is 5.32 Å². The van der Waals surface area contributed by atoms with E-state index < -0.39 is 0 Å². The summed E-state index contributed by atoms with van der Waals surface area (Å²) < 4.78 is 5.53. The second-order valence-corrected chi connectivity index (χ2v) is 5.44. The number of nitrogens with one attached hydrogen (secondary N) is 1. The molecule has 0 aliphatic rings. The van der Waals surface area contributed by atoms with Gasteiger partial charge in [-0.15, -0.1) is 0 Å². The fourth-order valence-corrected chi connectivity index (χ4v) is 2.46. The fraction of sp³-hybridized carbons (Fsp3) is 0.368. The lowest BCUT2D eigenvalue weighted by atomic mass is 10.1. The van der Waals surface area contributed by atoms with Gasteiger partial charge in [-0.2, -0.15) is 0 Å². The topological polar surface area (TPSA) is 21.3 Å². The van der Waals surface area contributed by atoms with Crippen LogP contribution in [0, 0.1) is 13.8 Å². The summed E-state index contributed by atoms with van der Waals surface area (Å²) in [5.41, 5.74) is 6.62. The Morgan fingerprint density at radius 2 is 1.62 bits per heavy atom. The van der Waals surface area contributed by atoms with Crippen LogP contribution in [0.25, 0.3) is 0 Å². The largest absolute Gasteiger partial charge is 0.377 e. The summed E-state index contributed by atoms with van der Waals surface area (Å²) in [6.07, 6.45) is 0. The minimum Gasteiger partial charge on any atom is -0.377 e. The van der Waals surface area contributed by atoms with Crippen molar-refractivity contribution >= 4 is 0 Å². The summed E-state index contributed by atoms with van der Waals surface area (Å²) in [6.45, 7) is 9.55. The molecule has 0 aliphatic carbocycles. The van der Waals surface area contributed by atoms with E-state index in [1.165, 1.54) is 27.8 Å². The molecular formula is C19H25NO. The summed E-state index contributed by atoms with van der Waals surface area (Å²) in [5, 5.41) is 3.54. The van der Waals surface area contributed by atoms with Gasteiger partial charge < -0.3 is 10.1 Å². The summed E-state index contributed by atoms with van der Waals surface area (Å²) in [7, 11) is 0. The van der Waals surface area contributed by atoms with Gasteiger partial charge in [0, 0.05) is 19.7 Å². The van der Waals surface area contributed by atoms with Crippen LogP contribution in [0.5, 0.6) is 0 Å². The third-order valence-electron chi connectivity index (χ3n) is 3.71. The molecule has 21 heavy (non-hydrogen) atoms. The van der Waals surface area contributed by atoms with Crippen LogP contribution in [0.4, 0.5) is 0 Å². The van der Waals surface area contributed by atoms with Crippen LogP contribution in [-0.4, -0.2) is 6.61 Å². The molecule has 0 fully saturated rings. The molecule has 0 bridgehead atoms. The van der Waals surface area contributed by atoms with Crippen molar-refractivity contribution in [3.63, 3.8) is 0 Å². The molecule has 2 aromatic rings. The van der Waals surface area contributed by atoms with Crippen LogP contribution in [-0.2, 0) is 24.4 Å². The van der Waals surface area contributed by atoms with E-state index in [9.17, 15) is 0 Å². The predicted molar refractivity (Wildman–Crippen MR) is 88.2 cm³/mol. The molecule has 0 aliphatic heterocycles. The Morgan fingerprint density at radius 3 is 2.33 bits per heavy atom. The lowest BCUT2D eigenvalue weighted by Crippen LogP contribution is -2.15. The van der Waals surface area contributed by atoms with Crippen molar-refractivity contribution in [1.29, 1.82) is 0 Å². The lowest BCUT2D eigenvalue weighted by Gasteiger charge is -2.12. The van der Waals surface area contributed by atoms with Gasteiger partial charge in [-0.25, -0.2) is 0 Å². The highest BCUT2D eigenvalue weighted by molar-refractivity contribution is 5.31. The maximum atomic E-state index is 5.53. The van der Waals surface area contributed by atoms with Crippen LogP contribution in [0.15, 0.2) is 42.5 Å². The summed E-state index contributed by atoms with van der Waals surface area (Å²) in [5.74, 6) is 0. The molecule has 1 N–H and O–H groups in total. The molecule has 0 radical (unpaired) electrons. The number of benzene rings is 2. The molecule has 0 saturated heterocycles. The van der Waals surface area contributed by atoms with Gasteiger partial charge in [0.1, 0.15) is 0 Å². The van der Waals surface area contributed by atoms with Crippen LogP contribution in [0.3, 0.4) is 0 Å². The van der Waals surface area contributed by atoms with E-state index in [4.69, 9.17) is 4.74 Å². The second-order valence-electron chi connectivity index (χ2n) is 5.44. The normalized spacial score (nSPS) is 10.8. The molecule has 0 spiro atoms. The van der Waals surface area contributed by atoms with E-state index in [-0.39, 0.29) is 0 Å². The molecule has 112 valence electrons. The van der Waals surface area contributed by atoms with Crippen molar-refractivity contribution in [2.45, 2.75) is 40.5 Å². The van der Waals surface area contributed by atoms with Gasteiger partial charge in [0.05, 0.1) is 6.61 Å². The summed E-state index contributed by atoms with van der Waals surface area (Å²) in [4.78, 5) is 0. The monoisotopic (exact) mass is 283 g/mol. The van der Waals surface area contributed by atoms with E-state index in [1.54, 1.807) is 0 Å². The van der Waals surface area contributed by atoms with Gasteiger partial charge in [0.2, 0.25) is 0 Å². The van der Waals surface area contributed by atoms with Crippen molar-refractivity contribution in [1.82, 2.24) is 5.32 Å². The van der Waals surface area contributed by atoms with E-state index >= 15 is 0 Å². The first-order valence-electron chi connectivity index (χ1n) is 7.62. The highest BCUT2D eigenvalue weighted by Gasteiger charge is 2.03. The molecule has 0 amide bonds. The Bertz CT molecular complexity index is 578. The molecule has 0 aromatic heterocycles. The van der Waals surface area contributed by atoms with E-state index in [1.807, 2.05) is 6.92 Å². The van der Waals surface area contributed by atoms with Gasteiger partial charge in [-0.3, -0.25) is 0 Å². The van der Waals surface area contributed by atoms with Crippen molar-refractivity contribution in [3.05, 3.63) is 70.3 Å². The van der Waals surface area contributed by atoms with Gasteiger partial charge in [-0.05, 0) is 43.0 Å². The molecule has 0 unspecified atom stereocenters. The van der Waals surface area contributed by atoms with E-state index in [0.717, 1.165) is 19.7 Å². The van der Waals surface area contributed by atoms with E-state index in [0.29, 0.717) is 6.61 Å². The van der Waals surface area contributed by atoms with Crippen molar-refractivity contribution in [2.24, 2.45) is 0 Å². The van der Waals surface area contributed by atoms with Crippen LogP contribution >= 0.6 is 0 Å². The zero-order chi connectivity index (χ0) is 15.1. The first-order chi connectivity index (χ1) is 10.2. The van der Waals surface area contributed by atoms with Gasteiger partial charge >= 0.3 is 0 Å². The van der Waals surface area contributed by atoms with Crippen molar-refractivity contribution in [2.75, 3.05) is 6.61 Å². The zero-order valence-electron chi connectivity index (χ0n) is 13.3. The fourth-order valence-electron chi connectivity index (χ4n) is 2.46. The third kappa shape index (κ3) is 4.69. The quantitative estimate of drug-likeness (QED) is 0.825. The summed E-state index contributed by atoms with van der Waals surface area (Å²) in [6, 6.07) is 15.1. The highest BCUT2D eigenvalue weighted by Crippen LogP contribution is 2.12. The Morgan fingerprint density at radius 1 is 0.905 bits per heavy atom. The first kappa shape index (κ1) is 15.7. The molecule has 0 atom stereocenters. The minimum atomic E-state index is 0.692. The SMILES string of the molecule is CCOCc1ccccc1CNCc1ccc(C)cc1C. The maximum absolute atomic E-state index is 5.53. The molecule has 2 rings (SSSR count). The van der Waals surface area contributed by atoms with Crippen molar-refractivity contribution < 1.29 is 4.74 Å². The molecule has 0 heterocycles. The average Bonchev–Trinajstić information content (AvgIpc) is 2.48. The number of rotatable bonds is 7. The first-order valence-corrected chi connectivity index (χ1v) is 7.62.